The zero-order chi connectivity index (χ0) is 11.5. The van der Waals surface area contributed by atoms with Crippen LogP contribution in [0.25, 0.3) is 0 Å². The van der Waals surface area contributed by atoms with E-state index in [1.54, 1.807) is 0 Å². The summed E-state index contributed by atoms with van der Waals surface area (Å²) >= 11 is 0. The topological polar surface area (TPSA) is 9.23 Å². The van der Waals surface area contributed by atoms with Crippen molar-refractivity contribution in [3.8, 4) is 5.75 Å². The lowest BCUT2D eigenvalue weighted by Crippen LogP contribution is -2.15. The highest BCUT2D eigenvalue weighted by molar-refractivity contribution is 5.32. The lowest BCUT2D eigenvalue weighted by Gasteiger charge is -2.26. The second-order valence-electron chi connectivity index (χ2n) is 4.51. The van der Waals surface area contributed by atoms with E-state index < -0.39 is 0 Å². The maximum absolute atomic E-state index is 6.08. The molecule has 1 aliphatic rings. The van der Waals surface area contributed by atoms with Gasteiger partial charge < -0.3 is 4.74 Å². The van der Waals surface area contributed by atoms with Gasteiger partial charge in [0, 0.05) is 0 Å². The fourth-order valence-corrected chi connectivity index (χ4v) is 2.50. The largest absolute Gasteiger partial charge is 0.486 e. The molecule has 0 aliphatic heterocycles. The highest BCUT2D eigenvalue weighted by Gasteiger charge is 2.20. The van der Waals surface area contributed by atoms with Gasteiger partial charge in [-0.3, -0.25) is 0 Å². The fraction of sp³-hybridized carbons (Fsp3) is 0.250. The summed E-state index contributed by atoms with van der Waals surface area (Å²) in [7, 11) is 0. The molecule has 0 spiro atoms. The van der Waals surface area contributed by atoms with Gasteiger partial charge in [-0.05, 0) is 42.5 Å². The number of fused-ring (bicyclic) bond motifs is 1. The van der Waals surface area contributed by atoms with E-state index in [9.17, 15) is 0 Å². The molecule has 0 N–H and O–H groups in total. The minimum atomic E-state index is 0.224. The molecular weight excluding hydrogens is 208 g/mol. The van der Waals surface area contributed by atoms with Crippen molar-refractivity contribution in [3.63, 3.8) is 0 Å². The van der Waals surface area contributed by atoms with E-state index in [1.807, 2.05) is 30.3 Å². The first-order chi connectivity index (χ1) is 8.43. The first-order valence-electron chi connectivity index (χ1n) is 6.23. The maximum atomic E-state index is 6.08. The van der Waals surface area contributed by atoms with Crippen molar-refractivity contribution >= 4 is 0 Å². The first kappa shape index (κ1) is 10.4. The van der Waals surface area contributed by atoms with Crippen molar-refractivity contribution in [2.75, 3.05) is 0 Å². The molecule has 0 fully saturated rings. The predicted octanol–water partition coefficient (Wildman–Crippen LogP) is 4.14. The molecule has 86 valence electrons. The van der Waals surface area contributed by atoms with Crippen LogP contribution in [0, 0.1) is 0 Å². The van der Waals surface area contributed by atoms with E-state index in [0.29, 0.717) is 0 Å². The average molecular weight is 224 g/mol. The molecule has 3 rings (SSSR count). The summed E-state index contributed by atoms with van der Waals surface area (Å²) in [6.07, 6.45) is 3.74. The van der Waals surface area contributed by atoms with Gasteiger partial charge >= 0.3 is 0 Å². The Morgan fingerprint density at radius 3 is 2.53 bits per heavy atom. The van der Waals surface area contributed by atoms with Crippen LogP contribution >= 0.6 is 0 Å². The standard InChI is InChI=1S/C16H16O/c1-2-9-14(10-3-1)17-16-12-6-8-13-7-4-5-11-15(13)16/h1-5,7,9-11,16H,6,8,12H2. The van der Waals surface area contributed by atoms with Crippen molar-refractivity contribution in [3.05, 3.63) is 65.7 Å². The maximum Gasteiger partial charge on any atom is 0.124 e. The van der Waals surface area contributed by atoms with Gasteiger partial charge in [-0.15, -0.1) is 0 Å². The third-order valence-electron chi connectivity index (χ3n) is 3.34. The van der Waals surface area contributed by atoms with Crippen LogP contribution in [-0.2, 0) is 6.42 Å². The number of rotatable bonds is 2. The summed E-state index contributed by atoms with van der Waals surface area (Å²) in [4.78, 5) is 0. The normalized spacial score (nSPS) is 18.5. The second-order valence-corrected chi connectivity index (χ2v) is 4.51. The third kappa shape index (κ3) is 2.19. The number of hydrogen-bond acceptors (Lipinski definition) is 1. The van der Waals surface area contributed by atoms with Crippen LogP contribution in [0.1, 0.15) is 30.1 Å². The fourth-order valence-electron chi connectivity index (χ4n) is 2.50. The number of hydrogen-bond donors (Lipinski definition) is 0. The minimum Gasteiger partial charge on any atom is -0.486 e. The molecule has 1 unspecified atom stereocenters. The number of ether oxygens (including phenoxy) is 1. The highest BCUT2D eigenvalue weighted by atomic mass is 16.5. The van der Waals surface area contributed by atoms with Crippen molar-refractivity contribution in [2.24, 2.45) is 0 Å². The van der Waals surface area contributed by atoms with Gasteiger partial charge in [0.1, 0.15) is 11.9 Å². The molecule has 0 bridgehead atoms. The van der Waals surface area contributed by atoms with Crippen molar-refractivity contribution in [1.82, 2.24) is 0 Å². The molecule has 0 aromatic heterocycles. The van der Waals surface area contributed by atoms with Crippen LogP contribution in [0.15, 0.2) is 54.6 Å². The van der Waals surface area contributed by atoms with Gasteiger partial charge in [-0.25, -0.2) is 0 Å². The Bertz CT molecular complexity index is 490. The van der Waals surface area contributed by atoms with E-state index in [-0.39, 0.29) is 6.10 Å². The Hall–Kier alpha value is -1.76. The number of para-hydroxylation sites is 1. The Labute approximate surface area is 102 Å². The second kappa shape index (κ2) is 4.62. The Morgan fingerprint density at radius 1 is 0.882 bits per heavy atom. The summed E-state index contributed by atoms with van der Waals surface area (Å²) in [6.45, 7) is 0. The van der Waals surface area contributed by atoms with Gasteiger partial charge in [0.2, 0.25) is 0 Å². The van der Waals surface area contributed by atoms with Crippen molar-refractivity contribution < 1.29 is 4.74 Å². The summed E-state index contributed by atoms with van der Waals surface area (Å²) in [6, 6.07) is 18.7. The molecule has 0 radical (unpaired) electrons. The van der Waals surface area contributed by atoms with Crippen molar-refractivity contribution in [1.29, 1.82) is 0 Å². The SMILES string of the molecule is c1ccc(OC2CCCc3ccccc32)cc1. The van der Waals surface area contributed by atoms with Crippen LogP contribution < -0.4 is 4.74 Å². The summed E-state index contributed by atoms with van der Waals surface area (Å²) < 4.78 is 6.08. The van der Waals surface area contributed by atoms with E-state index in [4.69, 9.17) is 4.74 Å². The quantitative estimate of drug-likeness (QED) is 0.744. The van der Waals surface area contributed by atoms with Crippen molar-refractivity contribution in [2.45, 2.75) is 25.4 Å². The lowest BCUT2D eigenvalue weighted by atomic mass is 9.89. The summed E-state index contributed by atoms with van der Waals surface area (Å²) in [5.41, 5.74) is 2.81. The molecule has 0 saturated heterocycles. The van der Waals surface area contributed by atoms with E-state index >= 15 is 0 Å². The Kier molecular flexibility index (Phi) is 2.83. The molecule has 1 nitrogen and oxygen atoms in total. The zero-order valence-electron chi connectivity index (χ0n) is 9.80. The predicted molar refractivity (Wildman–Crippen MR) is 69.2 cm³/mol. The third-order valence-corrected chi connectivity index (χ3v) is 3.34. The lowest BCUT2D eigenvalue weighted by molar-refractivity contribution is 0.183. The molecule has 0 heterocycles. The van der Waals surface area contributed by atoms with Crippen LogP contribution in [0.2, 0.25) is 0 Å². The molecule has 2 aromatic rings. The molecule has 17 heavy (non-hydrogen) atoms. The first-order valence-corrected chi connectivity index (χ1v) is 6.23. The molecule has 2 aromatic carbocycles. The molecule has 1 heteroatoms. The van der Waals surface area contributed by atoms with Crippen LogP contribution in [0.4, 0.5) is 0 Å². The molecule has 1 atom stereocenters. The average Bonchev–Trinajstić information content (AvgIpc) is 2.40. The van der Waals surface area contributed by atoms with E-state index in [0.717, 1.165) is 12.2 Å². The van der Waals surface area contributed by atoms with Gasteiger partial charge in [0.15, 0.2) is 0 Å². The number of aryl methyl sites for hydroxylation is 1. The van der Waals surface area contributed by atoms with Gasteiger partial charge in [-0.1, -0.05) is 42.5 Å². The van der Waals surface area contributed by atoms with Crippen LogP contribution in [0.5, 0.6) is 5.75 Å². The molecule has 0 saturated carbocycles. The smallest absolute Gasteiger partial charge is 0.124 e. The van der Waals surface area contributed by atoms with Crippen LogP contribution in [0.3, 0.4) is 0 Å². The van der Waals surface area contributed by atoms with E-state index in [2.05, 4.69) is 24.3 Å². The zero-order valence-corrected chi connectivity index (χ0v) is 9.80. The molecule has 1 aliphatic carbocycles. The highest BCUT2D eigenvalue weighted by Crippen LogP contribution is 2.33. The van der Waals surface area contributed by atoms with Gasteiger partial charge in [0.05, 0.1) is 0 Å². The minimum absolute atomic E-state index is 0.224. The van der Waals surface area contributed by atoms with Crippen LogP contribution in [-0.4, -0.2) is 0 Å². The summed E-state index contributed by atoms with van der Waals surface area (Å²) in [5.74, 6) is 0.967. The van der Waals surface area contributed by atoms with Gasteiger partial charge in [0.25, 0.3) is 0 Å². The number of benzene rings is 2. The monoisotopic (exact) mass is 224 g/mol. The Morgan fingerprint density at radius 2 is 1.65 bits per heavy atom. The Balaban J connectivity index is 1.86. The molecular formula is C16H16O. The van der Waals surface area contributed by atoms with Gasteiger partial charge in [-0.2, -0.15) is 0 Å². The van der Waals surface area contributed by atoms with E-state index in [1.165, 1.54) is 24.0 Å². The molecule has 0 amide bonds. The summed E-state index contributed by atoms with van der Waals surface area (Å²) in [5, 5.41) is 0.